The van der Waals surface area contributed by atoms with Gasteiger partial charge in [-0.3, -0.25) is 0 Å². The van der Waals surface area contributed by atoms with Gasteiger partial charge in [-0.2, -0.15) is 0 Å². The van der Waals surface area contributed by atoms with Gasteiger partial charge in [0.05, 0.1) is 23.5 Å². The summed E-state index contributed by atoms with van der Waals surface area (Å²) in [4.78, 5) is 5.28. The van der Waals surface area contributed by atoms with E-state index in [-0.39, 0.29) is 12.1 Å². The largest absolute Gasteiger partial charge is 0.329 e. The molecule has 206 valence electrons. The Morgan fingerprint density at radius 3 is 1.30 bits per heavy atom. The van der Waals surface area contributed by atoms with Crippen molar-refractivity contribution in [2.24, 2.45) is 0 Å². The number of rotatable bonds is 0. The van der Waals surface area contributed by atoms with Gasteiger partial charge < -0.3 is 9.80 Å². The van der Waals surface area contributed by atoms with Crippen LogP contribution in [0.3, 0.4) is 0 Å². The van der Waals surface area contributed by atoms with Crippen LogP contribution in [0.2, 0.25) is 0 Å². The average Bonchev–Trinajstić information content (AvgIpc) is 3.78. The highest BCUT2D eigenvalue weighted by molar-refractivity contribution is 6.04. The van der Waals surface area contributed by atoms with Crippen molar-refractivity contribution in [1.82, 2.24) is 0 Å². The minimum Gasteiger partial charge on any atom is -0.329 e. The Kier molecular flexibility index (Phi) is 4.31. The van der Waals surface area contributed by atoms with E-state index in [0.717, 1.165) is 12.8 Å². The van der Waals surface area contributed by atoms with Crippen LogP contribution in [0, 0.1) is 0 Å². The fourth-order valence-corrected chi connectivity index (χ4v) is 9.04. The van der Waals surface area contributed by atoms with Crippen molar-refractivity contribution in [2.45, 2.75) is 24.9 Å². The summed E-state index contributed by atoms with van der Waals surface area (Å²) in [5.74, 6) is 0. The lowest BCUT2D eigenvalue weighted by Gasteiger charge is -2.48. The lowest BCUT2D eigenvalue weighted by Crippen LogP contribution is -2.34. The molecule has 6 aliphatic rings. The van der Waals surface area contributed by atoms with E-state index >= 15 is 0 Å². The Balaban J connectivity index is 1.25. The van der Waals surface area contributed by atoms with Crippen molar-refractivity contribution in [2.75, 3.05) is 9.80 Å². The van der Waals surface area contributed by atoms with Gasteiger partial charge in [0.1, 0.15) is 0 Å². The molecule has 2 aliphatic carbocycles. The molecule has 4 aliphatic heterocycles. The second kappa shape index (κ2) is 8.18. The lowest BCUT2D eigenvalue weighted by atomic mass is 9.76. The number of para-hydroxylation sites is 2. The fraction of sp³-hybridized carbons (Fsp3) is 0.0952. The van der Waals surface area contributed by atoms with Crippen LogP contribution >= 0.6 is 0 Å². The summed E-state index contributed by atoms with van der Waals surface area (Å²) in [6.07, 6.45) is 11.5. The third-order valence-electron chi connectivity index (χ3n) is 10.7. The van der Waals surface area contributed by atoms with Gasteiger partial charge in [-0.05, 0) is 81.7 Å². The predicted octanol–water partition coefficient (Wildman–Crippen LogP) is 10.9. The maximum Gasteiger partial charge on any atom is 0.0854 e. The molecule has 0 spiro atoms. The molecule has 0 aromatic heterocycles. The molecule has 0 saturated heterocycles. The Hall–Kier alpha value is -5.34. The lowest BCUT2D eigenvalue weighted by molar-refractivity contribution is 0.792. The zero-order valence-corrected chi connectivity index (χ0v) is 24.2. The van der Waals surface area contributed by atoms with Crippen LogP contribution in [0.15, 0.2) is 145 Å². The molecule has 2 unspecified atom stereocenters. The van der Waals surface area contributed by atoms with E-state index in [9.17, 15) is 0 Å². The third kappa shape index (κ3) is 2.73. The highest BCUT2D eigenvalue weighted by Crippen LogP contribution is 2.63. The van der Waals surface area contributed by atoms with Crippen LogP contribution in [-0.2, 0) is 0 Å². The second-order valence-electron chi connectivity index (χ2n) is 12.7. The summed E-state index contributed by atoms with van der Waals surface area (Å²) >= 11 is 0. The van der Waals surface area contributed by atoms with Crippen molar-refractivity contribution < 1.29 is 0 Å². The monoisotopic (exact) mass is 560 g/mol. The Bertz CT molecular complexity index is 2100. The number of hydrogen-bond donors (Lipinski definition) is 0. The van der Waals surface area contributed by atoms with Crippen molar-refractivity contribution in [1.29, 1.82) is 0 Å². The molecule has 0 saturated carbocycles. The zero-order chi connectivity index (χ0) is 28.5. The molecule has 0 N–H and O–H groups in total. The number of fused-ring (bicyclic) bond motifs is 20. The zero-order valence-electron chi connectivity index (χ0n) is 24.2. The van der Waals surface area contributed by atoms with E-state index in [0.29, 0.717) is 0 Å². The summed E-state index contributed by atoms with van der Waals surface area (Å²) in [6.45, 7) is 0. The first-order valence-electron chi connectivity index (χ1n) is 15.8. The van der Waals surface area contributed by atoms with Crippen LogP contribution in [0.1, 0.15) is 47.2 Å². The van der Waals surface area contributed by atoms with Crippen LogP contribution in [0.4, 0.5) is 22.7 Å². The third-order valence-corrected chi connectivity index (χ3v) is 10.7. The van der Waals surface area contributed by atoms with Gasteiger partial charge in [-0.1, -0.05) is 109 Å². The number of allylic oxidation sites excluding steroid dienone is 4. The molecule has 44 heavy (non-hydrogen) atoms. The van der Waals surface area contributed by atoms with Crippen molar-refractivity contribution in [3.05, 3.63) is 167 Å². The SMILES string of the molecule is C1=CC2=C(C1)c1ccccc1N1c3cc4c(cc3-c3ccccc3C21)N1c2ccccc2C2=C(C=CC2)C1c1ccccc1-4. The van der Waals surface area contributed by atoms with E-state index in [1.54, 1.807) is 0 Å². The second-order valence-corrected chi connectivity index (χ2v) is 12.7. The molecular formula is C42H28N2. The quantitative estimate of drug-likeness (QED) is 0.186. The molecule has 0 amide bonds. The first kappa shape index (κ1) is 23.2. The molecule has 0 bridgehead atoms. The summed E-state index contributed by atoms with van der Waals surface area (Å²) in [5.41, 5.74) is 21.9. The minimum atomic E-state index is 0.166. The average molecular weight is 561 g/mol. The van der Waals surface area contributed by atoms with Crippen LogP contribution < -0.4 is 9.80 Å². The van der Waals surface area contributed by atoms with Gasteiger partial charge in [0.2, 0.25) is 0 Å². The summed E-state index contributed by atoms with van der Waals surface area (Å²) in [7, 11) is 0. The van der Waals surface area contributed by atoms with E-state index in [1.807, 2.05) is 0 Å². The molecule has 0 fully saturated rings. The Labute approximate surface area is 257 Å². The minimum absolute atomic E-state index is 0.166. The topological polar surface area (TPSA) is 6.48 Å². The molecule has 5 aromatic carbocycles. The molecule has 2 atom stereocenters. The van der Waals surface area contributed by atoms with Crippen LogP contribution in [0.25, 0.3) is 33.4 Å². The molecule has 5 aromatic rings. The highest BCUT2D eigenvalue weighted by Gasteiger charge is 2.44. The first-order chi connectivity index (χ1) is 21.9. The fourth-order valence-electron chi connectivity index (χ4n) is 9.04. The van der Waals surface area contributed by atoms with E-state index in [2.05, 4.69) is 143 Å². The van der Waals surface area contributed by atoms with Crippen molar-refractivity contribution in [3.63, 3.8) is 0 Å². The van der Waals surface area contributed by atoms with Gasteiger partial charge in [0, 0.05) is 33.6 Å². The Morgan fingerprint density at radius 2 is 0.818 bits per heavy atom. The summed E-state index contributed by atoms with van der Waals surface area (Å²) < 4.78 is 0. The van der Waals surface area contributed by atoms with E-state index < -0.39 is 0 Å². The summed E-state index contributed by atoms with van der Waals surface area (Å²) in [5, 5.41) is 0. The smallest absolute Gasteiger partial charge is 0.0854 e. The maximum atomic E-state index is 2.64. The molecule has 11 rings (SSSR count). The van der Waals surface area contributed by atoms with Gasteiger partial charge in [-0.15, -0.1) is 0 Å². The van der Waals surface area contributed by atoms with Crippen molar-refractivity contribution in [3.8, 4) is 22.3 Å². The number of nitrogens with zero attached hydrogens (tertiary/aromatic N) is 2. The van der Waals surface area contributed by atoms with E-state index in [4.69, 9.17) is 0 Å². The first-order valence-corrected chi connectivity index (χ1v) is 15.8. The van der Waals surface area contributed by atoms with Crippen LogP contribution in [0.5, 0.6) is 0 Å². The maximum absolute atomic E-state index is 2.64. The highest BCUT2D eigenvalue weighted by atomic mass is 15.2. The molecule has 4 heterocycles. The van der Waals surface area contributed by atoms with Gasteiger partial charge in [0.25, 0.3) is 0 Å². The van der Waals surface area contributed by atoms with E-state index in [1.165, 1.54) is 89.5 Å². The predicted molar refractivity (Wildman–Crippen MR) is 181 cm³/mol. The van der Waals surface area contributed by atoms with Gasteiger partial charge in [0.15, 0.2) is 0 Å². The van der Waals surface area contributed by atoms with Crippen LogP contribution in [-0.4, -0.2) is 0 Å². The molecule has 0 radical (unpaired) electrons. The number of hydrogen-bond acceptors (Lipinski definition) is 2. The van der Waals surface area contributed by atoms with Crippen molar-refractivity contribution >= 4 is 33.9 Å². The van der Waals surface area contributed by atoms with Gasteiger partial charge >= 0.3 is 0 Å². The molecular weight excluding hydrogens is 532 g/mol. The molecule has 2 heteroatoms. The number of benzene rings is 5. The standard InChI is InChI=1S/C42H28N2/c1-3-15-31-27(11-1)35-23-40-36(24-39(35)43-37-21-7-5-13-29(37)25-17-9-19-33(25)41(31)43)28-12-2-4-16-32(28)42-34-20-10-18-26(34)30-14-6-8-22-38(30)44(40)42/h1-16,19-24,41-42H,17-18H2. The normalized spacial score (nSPS) is 20.5. The summed E-state index contributed by atoms with van der Waals surface area (Å²) in [6, 6.07) is 41.7. The van der Waals surface area contributed by atoms with Gasteiger partial charge in [-0.25, -0.2) is 0 Å². The Morgan fingerprint density at radius 1 is 0.409 bits per heavy atom. The molecule has 2 nitrogen and oxygen atoms in total. The number of anilines is 4.